The lowest BCUT2D eigenvalue weighted by Crippen LogP contribution is -2.38. The highest BCUT2D eigenvalue weighted by Crippen LogP contribution is 2.34. The van der Waals surface area contributed by atoms with E-state index in [9.17, 15) is 9.90 Å². The van der Waals surface area contributed by atoms with E-state index in [1.54, 1.807) is 4.68 Å². The van der Waals surface area contributed by atoms with Gasteiger partial charge in [-0.25, -0.2) is 9.48 Å². The molecular formula is C26H37N3O3. The number of aliphatic hydroxyl groups excluding tert-OH is 1. The third kappa shape index (κ3) is 6.28. The summed E-state index contributed by atoms with van der Waals surface area (Å²) in [6.45, 7) is 11.0. The SMILES string of the molecule is Cc1ccc(-c2cn(CC3(CO)C/C(=C\CC(CC(C)C)CC(C)C)C(=O)O3)nn2)cc1. The topological polar surface area (TPSA) is 77.2 Å². The molecule has 32 heavy (non-hydrogen) atoms. The Balaban J connectivity index is 1.70. The van der Waals surface area contributed by atoms with Gasteiger partial charge in [-0.2, -0.15) is 0 Å². The summed E-state index contributed by atoms with van der Waals surface area (Å²) in [4.78, 5) is 12.6. The lowest BCUT2D eigenvalue weighted by Gasteiger charge is -2.24. The van der Waals surface area contributed by atoms with Crippen LogP contribution in [0.25, 0.3) is 11.3 Å². The second-order valence-corrected chi connectivity index (χ2v) is 10.2. The maximum Gasteiger partial charge on any atom is 0.334 e. The number of cyclic esters (lactones) is 1. The Bertz CT molecular complexity index is 920. The molecule has 0 saturated carbocycles. The van der Waals surface area contributed by atoms with Gasteiger partial charge in [-0.3, -0.25) is 0 Å². The van der Waals surface area contributed by atoms with Crippen LogP contribution in [0.5, 0.6) is 0 Å². The minimum Gasteiger partial charge on any atom is -0.451 e. The molecule has 6 nitrogen and oxygen atoms in total. The number of hydrogen-bond acceptors (Lipinski definition) is 5. The van der Waals surface area contributed by atoms with Crippen molar-refractivity contribution in [1.82, 2.24) is 15.0 Å². The van der Waals surface area contributed by atoms with Crippen molar-refractivity contribution in [3.8, 4) is 11.3 Å². The Kier molecular flexibility index (Phi) is 7.88. The fourth-order valence-electron chi connectivity index (χ4n) is 4.56. The molecule has 0 amide bonds. The highest BCUT2D eigenvalue weighted by Gasteiger charge is 2.44. The molecule has 3 rings (SSSR count). The molecule has 1 aliphatic rings. The molecule has 2 heterocycles. The van der Waals surface area contributed by atoms with Crippen molar-refractivity contribution in [3.63, 3.8) is 0 Å². The molecule has 2 aromatic rings. The number of ether oxygens (including phenoxy) is 1. The van der Waals surface area contributed by atoms with E-state index < -0.39 is 5.60 Å². The van der Waals surface area contributed by atoms with E-state index >= 15 is 0 Å². The molecule has 0 aliphatic carbocycles. The number of aromatic nitrogens is 3. The number of rotatable bonds is 10. The second-order valence-electron chi connectivity index (χ2n) is 10.2. The van der Waals surface area contributed by atoms with Crippen LogP contribution in [0, 0.1) is 24.7 Å². The van der Waals surface area contributed by atoms with Crippen LogP contribution in [0.1, 0.15) is 58.9 Å². The molecule has 6 heteroatoms. The number of benzene rings is 1. The maximum absolute atomic E-state index is 12.6. The summed E-state index contributed by atoms with van der Waals surface area (Å²) in [5.41, 5.74) is 2.58. The van der Waals surface area contributed by atoms with Crippen molar-refractivity contribution < 1.29 is 14.6 Å². The van der Waals surface area contributed by atoms with Crippen LogP contribution in [0.15, 0.2) is 42.1 Å². The Morgan fingerprint density at radius 1 is 1.16 bits per heavy atom. The molecule has 1 atom stereocenters. The summed E-state index contributed by atoms with van der Waals surface area (Å²) in [6.07, 6.45) is 7.40. The fourth-order valence-corrected chi connectivity index (χ4v) is 4.56. The predicted molar refractivity (Wildman–Crippen MR) is 126 cm³/mol. The highest BCUT2D eigenvalue weighted by molar-refractivity contribution is 5.91. The number of carbonyl (C=O) groups excluding carboxylic acids is 1. The maximum atomic E-state index is 12.6. The number of carbonyl (C=O) groups is 1. The molecule has 0 radical (unpaired) electrons. The van der Waals surface area contributed by atoms with Gasteiger partial charge in [0.05, 0.1) is 19.3 Å². The van der Waals surface area contributed by atoms with Crippen molar-refractivity contribution in [2.75, 3.05) is 6.61 Å². The first-order valence-corrected chi connectivity index (χ1v) is 11.7. The van der Waals surface area contributed by atoms with E-state index in [0.29, 0.717) is 29.7 Å². The van der Waals surface area contributed by atoms with E-state index in [2.05, 4.69) is 38.0 Å². The molecule has 1 saturated heterocycles. The van der Waals surface area contributed by atoms with Crippen molar-refractivity contribution in [1.29, 1.82) is 0 Å². The minimum atomic E-state index is -0.993. The van der Waals surface area contributed by atoms with Crippen LogP contribution in [-0.2, 0) is 16.1 Å². The van der Waals surface area contributed by atoms with Crippen molar-refractivity contribution in [2.45, 2.75) is 72.4 Å². The van der Waals surface area contributed by atoms with Gasteiger partial charge in [-0.1, -0.05) is 68.8 Å². The zero-order valence-corrected chi connectivity index (χ0v) is 20.0. The zero-order valence-electron chi connectivity index (χ0n) is 20.0. The quantitative estimate of drug-likeness (QED) is 0.418. The lowest BCUT2D eigenvalue weighted by atomic mass is 9.86. The van der Waals surface area contributed by atoms with Gasteiger partial charge in [0.2, 0.25) is 0 Å². The smallest absolute Gasteiger partial charge is 0.334 e. The van der Waals surface area contributed by atoms with E-state index in [-0.39, 0.29) is 19.1 Å². The number of aliphatic hydroxyl groups is 1. The third-order valence-electron chi connectivity index (χ3n) is 6.02. The third-order valence-corrected chi connectivity index (χ3v) is 6.02. The average Bonchev–Trinajstić information content (AvgIpc) is 3.30. The Labute approximate surface area is 191 Å². The van der Waals surface area contributed by atoms with E-state index in [1.165, 1.54) is 5.56 Å². The highest BCUT2D eigenvalue weighted by atomic mass is 16.6. The van der Waals surface area contributed by atoms with Gasteiger partial charge in [0.15, 0.2) is 5.60 Å². The summed E-state index contributed by atoms with van der Waals surface area (Å²) in [7, 11) is 0. The van der Waals surface area contributed by atoms with Crippen molar-refractivity contribution in [3.05, 3.63) is 47.7 Å². The normalized spacial score (nSPS) is 20.2. The molecule has 1 N–H and O–H groups in total. The Morgan fingerprint density at radius 2 is 1.81 bits per heavy atom. The lowest BCUT2D eigenvalue weighted by molar-refractivity contribution is -0.151. The van der Waals surface area contributed by atoms with Crippen LogP contribution in [-0.4, -0.2) is 38.3 Å². The number of allylic oxidation sites excluding steroid dienone is 1. The molecule has 0 spiro atoms. The van der Waals surface area contributed by atoms with Gasteiger partial charge in [-0.15, -0.1) is 5.10 Å². The van der Waals surface area contributed by atoms with Crippen molar-refractivity contribution in [2.24, 2.45) is 17.8 Å². The van der Waals surface area contributed by atoms with Gasteiger partial charge in [0.25, 0.3) is 0 Å². The predicted octanol–water partition coefficient (Wildman–Crippen LogP) is 4.96. The van der Waals surface area contributed by atoms with Crippen LogP contribution >= 0.6 is 0 Å². The van der Waals surface area contributed by atoms with Gasteiger partial charge in [-0.05, 0) is 43.9 Å². The van der Waals surface area contributed by atoms with Crippen LogP contribution in [0.3, 0.4) is 0 Å². The Hall–Kier alpha value is -2.47. The monoisotopic (exact) mass is 439 g/mol. The van der Waals surface area contributed by atoms with E-state index in [4.69, 9.17) is 4.74 Å². The van der Waals surface area contributed by atoms with Gasteiger partial charge in [0, 0.05) is 17.6 Å². The summed E-state index contributed by atoms with van der Waals surface area (Å²) in [5.74, 6) is 1.47. The van der Waals surface area contributed by atoms with Crippen LogP contribution < -0.4 is 0 Å². The second kappa shape index (κ2) is 10.4. The number of aryl methyl sites for hydroxylation is 1. The molecule has 1 aromatic heterocycles. The molecule has 1 fully saturated rings. The first-order valence-electron chi connectivity index (χ1n) is 11.7. The van der Waals surface area contributed by atoms with Gasteiger partial charge >= 0.3 is 5.97 Å². The van der Waals surface area contributed by atoms with Crippen molar-refractivity contribution >= 4 is 5.97 Å². The standard InChI is InChI=1S/C26H37N3O3/c1-18(2)12-21(13-19(3)4)8-11-23-14-26(17-30,32-25(23)31)16-29-15-24(27-28-29)22-9-6-20(5)7-10-22/h6-7,9-11,15,18-19,21,30H,8,12-14,16-17H2,1-5H3/b23-11+. The first kappa shape index (κ1) is 24.2. The molecule has 1 aromatic carbocycles. The molecule has 174 valence electrons. The summed E-state index contributed by atoms with van der Waals surface area (Å²) in [5, 5.41) is 18.6. The fraction of sp³-hybridized carbons (Fsp3) is 0.577. The van der Waals surface area contributed by atoms with Crippen LogP contribution in [0.4, 0.5) is 0 Å². The summed E-state index contributed by atoms with van der Waals surface area (Å²) >= 11 is 0. The number of hydrogen-bond donors (Lipinski definition) is 1. The van der Waals surface area contributed by atoms with E-state index in [0.717, 1.165) is 30.5 Å². The molecular weight excluding hydrogens is 402 g/mol. The molecule has 0 bridgehead atoms. The van der Waals surface area contributed by atoms with Crippen LogP contribution in [0.2, 0.25) is 0 Å². The van der Waals surface area contributed by atoms with Gasteiger partial charge in [0.1, 0.15) is 5.69 Å². The average molecular weight is 440 g/mol. The molecule has 1 aliphatic heterocycles. The largest absolute Gasteiger partial charge is 0.451 e. The van der Waals surface area contributed by atoms with E-state index in [1.807, 2.05) is 43.5 Å². The minimum absolute atomic E-state index is 0.253. The van der Waals surface area contributed by atoms with Gasteiger partial charge < -0.3 is 9.84 Å². The zero-order chi connectivity index (χ0) is 23.3. The first-order chi connectivity index (χ1) is 15.2. The summed E-state index contributed by atoms with van der Waals surface area (Å²) in [6, 6.07) is 8.08. The number of esters is 1. The number of nitrogens with zero attached hydrogens (tertiary/aromatic N) is 3. The summed E-state index contributed by atoms with van der Waals surface area (Å²) < 4.78 is 7.35. The molecule has 1 unspecified atom stereocenters. The Morgan fingerprint density at radius 3 is 2.41 bits per heavy atom.